The van der Waals surface area contributed by atoms with Crippen molar-refractivity contribution in [1.29, 1.82) is 0 Å². The summed E-state index contributed by atoms with van der Waals surface area (Å²) in [5, 5.41) is 3.04. The molecule has 1 aromatic carbocycles. The van der Waals surface area contributed by atoms with Crippen LogP contribution in [0.25, 0.3) is 0 Å². The first-order chi connectivity index (χ1) is 12.2. The van der Waals surface area contributed by atoms with Gasteiger partial charge in [-0.2, -0.15) is 0 Å². The minimum Gasteiger partial charge on any atom is -0.355 e. The Hall–Kier alpha value is -2.76. The first kappa shape index (κ1) is 15.7. The molecule has 3 heterocycles. The minimum atomic E-state index is -0.416. The van der Waals surface area contributed by atoms with Gasteiger partial charge in [0.25, 0.3) is 5.91 Å². The van der Waals surface area contributed by atoms with Crippen LogP contribution in [0.2, 0.25) is 0 Å². The van der Waals surface area contributed by atoms with Gasteiger partial charge in [-0.1, -0.05) is 30.3 Å². The largest absolute Gasteiger partial charge is 0.355 e. The zero-order chi connectivity index (χ0) is 17.3. The highest BCUT2D eigenvalue weighted by molar-refractivity contribution is 5.92. The van der Waals surface area contributed by atoms with Crippen LogP contribution in [-0.2, 0) is 4.79 Å². The number of piperidine rings is 1. The van der Waals surface area contributed by atoms with E-state index < -0.39 is 5.41 Å². The SMILES string of the molecule is O=C(c1cnccn1)N1CCC2(CC1)C(=O)NCC2c1ccccc1. The van der Waals surface area contributed by atoms with Crippen molar-refractivity contribution in [1.82, 2.24) is 20.2 Å². The number of likely N-dealkylation sites (tertiary alicyclic amines) is 1. The van der Waals surface area contributed by atoms with E-state index in [4.69, 9.17) is 0 Å². The Morgan fingerprint density at radius 1 is 1.16 bits per heavy atom. The number of nitrogens with one attached hydrogen (secondary N) is 1. The predicted molar refractivity (Wildman–Crippen MR) is 91.8 cm³/mol. The molecule has 25 heavy (non-hydrogen) atoms. The van der Waals surface area contributed by atoms with E-state index in [1.54, 1.807) is 11.1 Å². The van der Waals surface area contributed by atoms with E-state index in [0.29, 0.717) is 38.2 Å². The van der Waals surface area contributed by atoms with Gasteiger partial charge in [-0.15, -0.1) is 0 Å². The Morgan fingerprint density at radius 2 is 1.92 bits per heavy atom. The van der Waals surface area contributed by atoms with E-state index in [-0.39, 0.29) is 17.7 Å². The first-order valence-corrected chi connectivity index (χ1v) is 8.59. The molecule has 0 aliphatic carbocycles. The van der Waals surface area contributed by atoms with Crippen molar-refractivity contribution in [2.24, 2.45) is 5.41 Å². The van der Waals surface area contributed by atoms with Crippen LogP contribution in [0.4, 0.5) is 0 Å². The van der Waals surface area contributed by atoms with Crippen LogP contribution in [0.1, 0.15) is 34.8 Å². The smallest absolute Gasteiger partial charge is 0.274 e. The van der Waals surface area contributed by atoms with Gasteiger partial charge in [-0.05, 0) is 18.4 Å². The van der Waals surface area contributed by atoms with Crippen LogP contribution >= 0.6 is 0 Å². The fourth-order valence-electron chi connectivity index (χ4n) is 4.10. The standard InChI is InChI=1S/C19H20N4O2/c24-17(16-13-20-8-9-21-16)23-10-6-19(7-11-23)15(12-22-18(19)25)14-4-2-1-3-5-14/h1-5,8-9,13,15H,6-7,10-12H2,(H,22,25). The lowest BCUT2D eigenvalue weighted by molar-refractivity contribution is -0.130. The van der Waals surface area contributed by atoms with Crippen molar-refractivity contribution in [2.45, 2.75) is 18.8 Å². The van der Waals surface area contributed by atoms with Gasteiger partial charge in [0, 0.05) is 37.9 Å². The topological polar surface area (TPSA) is 75.2 Å². The van der Waals surface area contributed by atoms with Crippen LogP contribution in [0.15, 0.2) is 48.9 Å². The number of carbonyl (C=O) groups excluding carboxylic acids is 2. The van der Waals surface area contributed by atoms with E-state index in [0.717, 1.165) is 0 Å². The van der Waals surface area contributed by atoms with Crippen molar-refractivity contribution < 1.29 is 9.59 Å². The fourth-order valence-corrected chi connectivity index (χ4v) is 4.10. The van der Waals surface area contributed by atoms with Crippen molar-refractivity contribution >= 4 is 11.8 Å². The van der Waals surface area contributed by atoms with E-state index >= 15 is 0 Å². The van der Waals surface area contributed by atoms with Gasteiger partial charge < -0.3 is 10.2 Å². The van der Waals surface area contributed by atoms with Gasteiger partial charge in [0.1, 0.15) is 5.69 Å². The normalized spacial score (nSPS) is 22.0. The Bertz CT molecular complexity index is 771. The number of nitrogens with zero attached hydrogens (tertiary/aromatic N) is 3. The van der Waals surface area contributed by atoms with Crippen molar-refractivity contribution in [3.63, 3.8) is 0 Å². The lowest BCUT2D eigenvalue weighted by Gasteiger charge is -2.40. The highest BCUT2D eigenvalue weighted by Gasteiger charge is 2.52. The average Bonchev–Trinajstić information content (AvgIpc) is 2.99. The maximum Gasteiger partial charge on any atom is 0.274 e. The summed E-state index contributed by atoms with van der Waals surface area (Å²) in [4.78, 5) is 35.0. The van der Waals surface area contributed by atoms with E-state index in [9.17, 15) is 9.59 Å². The van der Waals surface area contributed by atoms with Gasteiger partial charge in [-0.25, -0.2) is 4.98 Å². The quantitative estimate of drug-likeness (QED) is 0.904. The number of benzene rings is 1. The maximum atomic E-state index is 12.6. The molecule has 1 atom stereocenters. The van der Waals surface area contributed by atoms with Gasteiger partial charge >= 0.3 is 0 Å². The number of rotatable bonds is 2. The van der Waals surface area contributed by atoms with Crippen molar-refractivity contribution in [2.75, 3.05) is 19.6 Å². The molecular weight excluding hydrogens is 316 g/mol. The van der Waals surface area contributed by atoms with E-state index in [2.05, 4.69) is 27.4 Å². The molecule has 0 bridgehead atoms. The third kappa shape index (κ3) is 2.67. The molecule has 2 aliphatic heterocycles. The molecule has 4 rings (SSSR count). The highest BCUT2D eigenvalue weighted by atomic mass is 16.2. The number of hydrogen-bond donors (Lipinski definition) is 1. The second-order valence-electron chi connectivity index (χ2n) is 6.71. The van der Waals surface area contributed by atoms with Crippen molar-refractivity contribution in [3.8, 4) is 0 Å². The lowest BCUT2D eigenvalue weighted by Crippen LogP contribution is -2.48. The summed E-state index contributed by atoms with van der Waals surface area (Å²) in [5.41, 5.74) is 1.13. The van der Waals surface area contributed by atoms with E-state index in [1.165, 1.54) is 18.0 Å². The van der Waals surface area contributed by atoms with Gasteiger partial charge in [0.15, 0.2) is 0 Å². The monoisotopic (exact) mass is 336 g/mol. The molecule has 128 valence electrons. The molecule has 6 nitrogen and oxygen atoms in total. The van der Waals surface area contributed by atoms with Crippen LogP contribution < -0.4 is 5.32 Å². The summed E-state index contributed by atoms with van der Waals surface area (Å²) in [7, 11) is 0. The molecule has 1 spiro atoms. The maximum absolute atomic E-state index is 12.6. The second kappa shape index (κ2) is 6.27. The van der Waals surface area contributed by atoms with Gasteiger partial charge in [-0.3, -0.25) is 14.6 Å². The van der Waals surface area contributed by atoms with Gasteiger partial charge in [0.2, 0.25) is 5.91 Å². The highest BCUT2D eigenvalue weighted by Crippen LogP contribution is 2.47. The van der Waals surface area contributed by atoms with E-state index in [1.807, 2.05) is 18.2 Å². The minimum absolute atomic E-state index is 0.113. The second-order valence-corrected chi connectivity index (χ2v) is 6.71. The van der Waals surface area contributed by atoms with Crippen LogP contribution in [0, 0.1) is 5.41 Å². The molecule has 0 saturated carbocycles. The fraction of sp³-hybridized carbons (Fsp3) is 0.368. The summed E-state index contributed by atoms with van der Waals surface area (Å²) < 4.78 is 0. The summed E-state index contributed by atoms with van der Waals surface area (Å²) in [6.07, 6.45) is 5.90. The summed E-state index contributed by atoms with van der Waals surface area (Å²) in [5.74, 6) is 0.167. The number of amides is 2. The Balaban J connectivity index is 1.53. The average molecular weight is 336 g/mol. The Kier molecular flexibility index (Phi) is 3.95. The van der Waals surface area contributed by atoms with Crippen LogP contribution in [-0.4, -0.2) is 46.3 Å². The third-order valence-electron chi connectivity index (χ3n) is 5.51. The molecule has 1 N–H and O–H groups in total. The number of aromatic nitrogens is 2. The van der Waals surface area contributed by atoms with Crippen LogP contribution in [0.3, 0.4) is 0 Å². The lowest BCUT2D eigenvalue weighted by atomic mass is 9.68. The predicted octanol–water partition coefficient (Wildman–Crippen LogP) is 1.61. The Morgan fingerprint density at radius 3 is 2.60 bits per heavy atom. The number of hydrogen-bond acceptors (Lipinski definition) is 4. The molecule has 2 fully saturated rings. The zero-order valence-electron chi connectivity index (χ0n) is 13.9. The van der Waals surface area contributed by atoms with Crippen LogP contribution in [0.5, 0.6) is 0 Å². The molecule has 2 saturated heterocycles. The first-order valence-electron chi connectivity index (χ1n) is 8.59. The van der Waals surface area contributed by atoms with Crippen molar-refractivity contribution in [3.05, 3.63) is 60.2 Å². The third-order valence-corrected chi connectivity index (χ3v) is 5.51. The molecule has 2 aromatic rings. The zero-order valence-corrected chi connectivity index (χ0v) is 13.9. The molecule has 2 amide bonds. The molecule has 1 aromatic heterocycles. The molecule has 6 heteroatoms. The summed E-state index contributed by atoms with van der Waals surface area (Å²) in [6.45, 7) is 1.79. The molecule has 1 unspecified atom stereocenters. The molecular formula is C19H20N4O2. The summed E-state index contributed by atoms with van der Waals surface area (Å²) >= 11 is 0. The molecule has 2 aliphatic rings. The molecule has 0 radical (unpaired) electrons. The number of carbonyl (C=O) groups is 2. The Labute approximate surface area is 146 Å². The summed E-state index contributed by atoms with van der Waals surface area (Å²) in [6, 6.07) is 10.2. The van der Waals surface area contributed by atoms with Gasteiger partial charge in [0.05, 0.1) is 11.6 Å².